The molecule has 1 aromatic heterocycles. The maximum absolute atomic E-state index is 12.5. The lowest BCUT2D eigenvalue weighted by molar-refractivity contribution is -0.139. The molecular weight excluding hydrogens is 270 g/mol. The maximum atomic E-state index is 12.5. The number of para-hydroxylation sites is 1. The van der Waals surface area contributed by atoms with Crippen molar-refractivity contribution in [1.29, 1.82) is 0 Å². The van der Waals surface area contributed by atoms with E-state index in [2.05, 4.69) is 9.97 Å². The Kier molecular flexibility index (Phi) is 3.35. The summed E-state index contributed by atoms with van der Waals surface area (Å²) in [5.41, 5.74) is 1.70. The van der Waals surface area contributed by atoms with Crippen LogP contribution in [0.15, 0.2) is 43.0 Å². The minimum atomic E-state index is -0.863. The van der Waals surface area contributed by atoms with Gasteiger partial charge in [-0.15, -0.1) is 0 Å². The van der Waals surface area contributed by atoms with Crippen molar-refractivity contribution < 1.29 is 14.7 Å². The Morgan fingerprint density at radius 1 is 1.19 bits per heavy atom. The highest BCUT2D eigenvalue weighted by atomic mass is 16.4. The van der Waals surface area contributed by atoms with Gasteiger partial charge in [-0.05, 0) is 18.1 Å². The van der Waals surface area contributed by atoms with Crippen molar-refractivity contribution >= 4 is 17.6 Å². The van der Waals surface area contributed by atoms with E-state index in [1.165, 1.54) is 18.7 Å². The first kappa shape index (κ1) is 13.2. The zero-order valence-corrected chi connectivity index (χ0v) is 11.1. The molecule has 1 aliphatic rings. The van der Waals surface area contributed by atoms with Crippen LogP contribution in [0.2, 0.25) is 0 Å². The summed E-state index contributed by atoms with van der Waals surface area (Å²) >= 11 is 0. The molecule has 0 bridgehead atoms. The van der Waals surface area contributed by atoms with Gasteiger partial charge in [0.25, 0.3) is 5.91 Å². The second-order valence-electron chi connectivity index (χ2n) is 4.82. The van der Waals surface area contributed by atoms with E-state index in [0.717, 1.165) is 0 Å². The summed E-state index contributed by atoms with van der Waals surface area (Å²) in [5, 5.41) is 9.30. The Morgan fingerprint density at radius 3 is 2.62 bits per heavy atom. The van der Waals surface area contributed by atoms with Crippen LogP contribution in [-0.4, -0.2) is 33.5 Å². The Morgan fingerprint density at radius 2 is 1.90 bits per heavy atom. The molecule has 2 aromatic rings. The number of fused-ring (bicyclic) bond motifs is 1. The smallest absolute Gasteiger partial charge is 0.311 e. The molecule has 21 heavy (non-hydrogen) atoms. The predicted molar refractivity (Wildman–Crippen MR) is 75.1 cm³/mol. The molecule has 1 unspecified atom stereocenters. The predicted octanol–water partition coefficient (Wildman–Crippen LogP) is 1.70. The highest BCUT2D eigenvalue weighted by Gasteiger charge is 2.32. The van der Waals surface area contributed by atoms with Gasteiger partial charge in [0.15, 0.2) is 0 Å². The van der Waals surface area contributed by atoms with E-state index < -0.39 is 11.9 Å². The summed E-state index contributed by atoms with van der Waals surface area (Å²) in [6.07, 6.45) is 4.68. The number of benzene rings is 1. The van der Waals surface area contributed by atoms with E-state index >= 15 is 0 Å². The number of amides is 1. The van der Waals surface area contributed by atoms with Crippen molar-refractivity contribution in [2.45, 2.75) is 12.3 Å². The maximum Gasteiger partial charge on any atom is 0.311 e. The second-order valence-corrected chi connectivity index (χ2v) is 4.82. The Balaban J connectivity index is 2.00. The number of hydrogen-bond donors (Lipinski definition) is 1. The van der Waals surface area contributed by atoms with Crippen LogP contribution < -0.4 is 4.90 Å². The lowest BCUT2D eigenvalue weighted by atomic mass is 9.89. The minimum Gasteiger partial charge on any atom is -0.481 e. The van der Waals surface area contributed by atoms with Gasteiger partial charge in [0.1, 0.15) is 6.33 Å². The van der Waals surface area contributed by atoms with Crippen LogP contribution >= 0.6 is 0 Å². The first-order valence-electron chi connectivity index (χ1n) is 6.57. The van der Waals surface area contributed by atoms with Crippen LogP contribution in [0.5, 0.6) is 0 Å². The fourth-order valence-electron chi connectivity index (χ4n) is 2.59. The summed E-state index contributed by atoms with van der Waals surface area (Å²) in [6.45, 7) is 0.363. The first-order chi connectivity index (χ1) is 10.2. The van der Waals surface area contributed by atoms with E-state index in [1.54, 1.807) is 29.2 Å². The average molecular weight is 283 g/mol. The van der Waals surface area contributed by atoms with E-state index in [1.807, 2.05) is 0 Å². The molecular formula is C15H13N3O3. The van der Waals surface area contributed by atoms with E-state index in [-0.39, 0.29) is 5.91 Å². The van der Waals surface area contributed by atoms with Crippen LogP contribution in [0.4, 0.5) is 5.69 Å². The summed E-state index contributed by atoms with van der Waals surface area (Å²) in [5.74, 6) is -1.65. The van der Waals surface area contributed by atoms with Crippen molar-refractivity contribution in [2.24, 2.45) is 0 Å². The lowest BCUT2D eigenvalue weighted by Gasteiger charge is -2.32. The quantitative estimate of drug-likeness (QED) is 0.906. The van der Waals surface area contributed by atoms with Crippen molar-refractivity contribution in [1.82, 2.24) is 9.97 Å². The molecule has 0 radical (unpaired) electrons. The fourth-order valence-corrected chi connectivity index (χ4v) is 2.59. The van der Waals surface area contributed by atoms with Gasteiger partial charge in [0, 0.05) is 24.6 Å². The molecule has 1 aromatic carbocycles. The zero-order chi connectivity index (χ0) is 14.8. The van der Waals surface area contributed by atoms with Crippen molar-refractivity contribution in [3.63, 3.8) is 0 Å². The molecule has 2 heterocycles. The minimum absolute atomic E-state index is 0.216. The Labute approximate surface area is 121 Å². The number of carboxylic acids is 1. The van der Waals surface area contributed by atoms with Crippen LogP contribution in [0.25, 0.3) is 0 Å². The van der Waals surface area contributed by atoms with Crippen LogP contribution in [0.1, 0.15) is 28.3 Å². The largest absolute Gasteiger partial charge is 0.481 e. The first-order valence-corrected chi connectivity index (χ1v) is 6.57. The second kappa shape index (κ2) is 5.32. The normalized spacial score (nSPS) is 17.1. The number of nitrogens with zero attached hydrogens (tertiary/aromatic N) is 3. The van der Waals surface area contributed by atoms with E-state index in [0.29, 0.717) is 29.8 Å². The van der Waals surface area contributed by atoms with Crippen molar-refractivity contribution in [3.05, 3.63) is 54.1 Å². The highest BCUT2D eigenvalue weighted by molar-refractivity contribution is 6.07. The number of carboxylic acid groups (broad SMARTS) is 1. The third kappa shape index (κ3) is 2.35. The molecule has 0 saturated heterocycles. The molecule has 1 aliphatic heterocycles. The molecule has 6 nitrogen and oxygen atoms in total. The molecule has 106 valence electrons. The molecule has 6 heteroatoms. The Bertz CT molecular complexity index is 688. The van der Waals surface area contributed by atoms with Gasteiger partial charge in [-0.2, -0.15) is 0 Å². The topological polar surface area (TPSA) is 83.4 Å². The summed E-state index contributed by atoms with van der Waals surface area (Å²) < 4.78 is 0. The monoisotopic (exact) mass is 283 g/mol. The molecule has 1 amide bonds. The molecule has 0 saturated carbocycles. The van der Waals surface area contributed by atoms with Crippen LogP contribution in [-0.2, 0) is 4.79 Å². The van der Waals surface area contributed by atoms with Gasteiger partial charge >= 0.3 is 5.97 Å². The number of aliphatic carboxylic acids is 1. The number of hydrogen-bond acceptors (Lipinski definition) is 4. The van der Waals surface area contributed by atoms with Gasteiger partial charge in [-0.1, -0.05) is 18.2 Å². The number of anilines is 1. The third-order valence-electron chi connectivity index (χ3n) is 3.60. The molecule has 0 spiro atoms. The molecule has 1 N–H and O–H groups in total. The summed E-state index contributed by atoms with van der Waals surface area (Å²) in [7, 11) is 0. The standard InChI is InChI=1S/C15H13N3O3/c19-14(10-7-16-9-17-8-10)18-6-5-12(15(20)21)11-3-1-2-4-13(11)18/h1-4,7-9,12H,5-6H2,(H,20,21). The van der Waals surface area contributed by atoms with Crippen LogP contribution in [0.3, 0.4) is 0 Å². The third-order valence-corrected chi connectivity index (χ3v) is 3.60. The zero-order valence-electron chi connectivity index (χ0n) is 11.1. The SMILES string of the molecule is O=C(O)C1CCN(C(=O)c2cncnc2)c2ccccc21. The summed E-state index contributed by atoms with van der Waals surface area (Å²) in [4.78, 5) is 33.2. The Hall–Kier alpha value is -2.76. The van der Waals surface area contributed by atoms with Gasteiger partial charge in [-0.25, -0.2) is 9.97 Å². The average Bonchev–Trinajstić information content (AvgIpc) is 2.54. The molecule has 1 atom stereocenters. The number of carbonyl (C=O) groups is 2. The highest BCUT2D eigenvalue weighted by Crippen LogP contribution is 2.35. The summed E-state index contributed by atoms with van der Waals surface area (Å²) in [6, 6.07) is 7.11. The lowest BCUT2D eigenvalue weighted by Crippen LogP contribution is -2.38. The van der Waals surface area contributed by atoms with Gasteiger partial charge < -0.3 is 10.0 Å². The molecule has 3 rings (SSSR count). The van der Waals surface area contributed by atoms with Crippen molar-refractivity contribution in [2.75, 3.05) is 11.4 Å². The van der Waals surface area contributed by atoms with Gasteiger partial charge in [0.2, 0.25) is 0 Å². The van der Waals surface area contributed by atoms with Crippen LogP contribution in [0, 0.1) is 0 Å². The number of carbonyl (C=O) groups excluding carboxylic acids is 1. The molecule has 0 aliphatic carbocycles. The fraction of sp³-hybridized carbons (Fsp3) is 0.200. The number of aromatic nitrogens is 2. The van der Waals surface area contributed by atoms with Gasteiger partial charge in [-0.3, -0.25) is 9.59 Å². The van der Waals surface area contributed by atoms with E-state index in [4.69, 9.17) is 0 Å². The van der Waals surface area contributed by atoms with Crippen molar-refractivity contribution in [3.8, 4) is 0 Å². The molecule has 0 fully saturated rings. The van der Waals surface area contributed by atoms with Gasteiger partial charge in [0.05, 0.1) is 11.5 Å². The number of rotatable bonds is 2. The van der Waals surface area contributed by atoms with E-state index in [9.17, 15) is 14.7 Å².